The van der Waals surface area contributed by atoms with Gasteiger partial charge in [0.15, 0.2) is 11.4 Å². The molecule has 1 aromatic carbocycles. The summed E-state index contributed by atoms with van der Waals surface area (Å²) in [7, 11) is 0. The van der Waals surface area contributed by atoms with Crippen molar-refractivity contribution in [1.82, 2.24) is 0 Å². The molecule has 1 aliphatic heterocycles. The Labute approximate surface area is 143 Å². The molecule has 1 amide bonds. The molecule has 1 N–H and O–H groups in total. The number of amides is 1. The Hall–Kier alpha value is -2.49. The van der Waals surface area contributed by atoms with Gasteiger partial charge in [-0.15, -0.1) is 11.3 Å². The maximum absolute atomic E-state index is 12.8. The van der Waals surface area contributed by atoms with E-state index in [9.17, 15) is 14.7 Å². The third kappa shape index (κ3) is 2.73. The molecule has 5 nitrogen and oxygen atoms in total. The number of rotatable bonds is 6. The summed E-state index contributed by atoms with van der Waals surface area (Å²) < 4.78 is 0. The van der Waals surface area contributed by atoms with Gasteiger partial charge in [0.2, 0.25) is 0 Å². The highest BCUT2D eigenvalue weighted by Gasteiger charge is 2.50. The molecule has 0 unspecified atom stereocenters. The second kappa shape index (κ2) is 6.56. The topological polar surface area (TPSA) is 81.4 Å². The van der Waals surface area contributed by atoms with Crippen LogP contribution in [-0.2, 0) is 10.4 Å². The van der Waals surface area contributed by atoms with Crippen LogP contribution in [0.2, 0.25) is 0 Å². The van der Waals surface area contributed by atoms with E-state index in [2.05, 4.69) is 0 Å². The minimum Gasteiger partial charge on any atom is -0.375 e. The molecule has 0 aliphatic carbocycles. The third-order valence-corrected chi connectivity index (χ3v) is 5.03. The Balaban J connectivity index is 1.91. The molecule has 0 saturated carbocycles. The van der Waals surface area contributed by atoms with Crippen molar-refractivity contribution < 1.29 is 14.7 Å². The minimum atomic E-state index is -1.84. The summed E-state index contributed by atoms with van der Waals surface area (Å²) in [5, 5.41) is 21.5. The third-order valence-electron chi connectivity index (χ3n) is 4.12. The fourth-order valence-electron chi connectivity index (χ4n) is 2.97. The summed E-state index contributed by atoms with van der Waals surface area (Å²) in [4.78, 5) is 27.3. The summed E-state index contributed by atoms with van der Waals surface area (Å²) >= 11 is 1.29. The van der Waals surface area contributed by atoms with Gasteiger partial charge in [-0.2, -0.15) is 5.26 Å². The van der Waals surface area contributed by atoms with Crippen LogP contribution in [0.1, 0.15) is 34.5 Å². The molecule has 1 aliphatic rings. The number of anilines is 1. The fourth-order valence-corrected chi connectivity index (χ4v) is 3.64. The van der Waals surface area contributed by atoms with Gasteiger partial charge >= 0.3 is 0 Å². The molecule has 1 atom stereocenters. The molecule has 3 rings (SSSR count). The number of unbranched alkanes of at least 4 members (excludes halogenated alkanes) is 1. The Morgan fingerprint density at radius 3 is 2.79 bits per heavy atom. The fraction of sp³-hybridized carbons (Fsp3) is 0.278. The second-order valence-corrected chi connectivity index (χ2v) is 6.62. The van der Waals surface area contributed by atoms with Crippen molar-refractivity contribution in [3.8, 4) is 6.07 Å². The van der Waals surface area contributed by atoms with Crippen LogP contribution in [0.15, 0.2) is 41.8 Å². The Kier molecular flexibility index (Phi) is 4.47. The molecule has 2 aromatic rings. The smallest absolute Gasteiger partial charge is 0.264 e. The number of carbonyl (C=O) groups excluding carboxylic acids is 2. The van der Waals surface area contributed by atoms with E-state index in [1.807, 2.05) is 6.07 Å². The average Bonchev–Trinajstić information content (AvgIpc) is 3.18. The van der Waals surface area contributed by atoms with Crippen molar-refractivity contribution in [1.29, 1.82) is 5.26 Å². The molecule has 0 bridgehead atoms. The molecular weight excluding hydrogens is 324 g/mol. The van der Waals surface area contributed by atoms with Crippen LogP contribution in [0.4, 0.5) is 5.69 Å². The Morgan fingerprint density at radius 2 is 2.08 bits per heavy atom. The van der Waals surface area contributed by atoms with Gasteiger partial charge in [-0.25, -0.2) is 0 Å². The van der Waals surface area contributed by atoms with Crippen LogP contribution >= 0.6 is 11.3 Å². The normalized spacial score (nSPS) is 19.2. The van der Waals surface area contributed by atoms with Crippen molar-refractivity contribution in [2.45, 2.75) is 24.9 Å². The van der Waals surface area contributed by atoms with Gasteiger partial charge in [0.1, 0.15) is 0 Å². The van der Waals surface area contributed by atoms with Crippen molar-refractivity contribution in [3.05, 3.63) is 52.2 Å². The molecule has 0 spiro atoms. The maximum atomic E-state index is 12.8. The van der Waals surface area contributed by atoms with Gasteiger partial charge in [-0.1, -0.05) is 24.3 Å². The zero-order chi connectivity index (χ0) is 17.2. The summed E-state index contributed by atoms with van der Waals surface area (Å²) in [5.74, 6) is -0.749. The number of hydrogen-bond acceptors (Lipinski definition) is 5. The van der Waals surface area contributed by atoms with Crippen LogP contribution in [0.25, 0.3) is 0 Å². The summed E-state index contributed by atoms with van der Waals surface area (Å²) in [6.45, 7) is 0.346. The maximum Gasteiger partial charge on any atom is 0.264 e. The summed E-state index contributed by atoms with van der Waals surface area (Å²) in [5.41, 5.74) is -0.775. The first-order valence-corrected chi connectivity index (χ1v) is 8.53. The molecule has 6 heteroatoms. The number of ketones is 1. The van der Waals surface area contributed by atoms with E-state index >= 15 is 0 Å². The highest BCUT2D eigenvalue weighted by Crippen LogP contribution is 2.43. The van der Waals surface area contributed by atoms with E-state index in [-0.39, 0.29) is 12.2 Å². The van der Waals surface area contributed by atoms with Gasteiger partial charge in [0.05, 0.1) is 23.1 Å². The summed E-state index contributed by atoms with van der Waals surface area (Å²) in [6.07, 6.45) is 0.572. The lowest BCUT2D eigenvalue weighted by Crippen LogP contribution is -2.42. The predicted molar refractivity (Wildman–Crippen MR) is 90.8 cm³/mol. The Morgan fingerprint density at radius 1 is 1.29 bits per heavy atom. The molecule has 2 heterocycles. The van der Waals surface area contributed by atoms with Crippen LogP contribution < -0.4 is 4.90 Å². The van der Waals surface area contributed by atoms with E-state index < -0.39 is 11.5 Å². The van der Waals surface area contributed by atoms with Crippen molar-refractivity contribution in [2.24, 2.45) is 0 Å². The van der Waals surface area contributed by atoms with Crippen LogP contribution in [0.5, 0.6) is 0 Å². The zero-order valence-corrected chi connectivity index (χ0v) is 13.8. The lowest BCUT2D eigenvalue weighted by atomic mass is 9.89. The first-order chi connectivity index (χ1) is 11.6. The number of hydrogen-bond donors (Lipinski definition) is 1. The molecular formula is C18H16N2O3S. The molecule has 24 heavy (non-hydrogen) atoms. The van der Waals surface area contributed by atoms with Crippen molar-refractivity contribution >= 4 is 28.7 Å². The van der Waals surface area contributed by atoms with E-state index in [0.717, 1.165) is 0 Å². The van der Waals surface area contributed by atoms with Gasteiger partial charge in [-0.05, 0) is 23.9 Å². The zero-order valence-electron chi connectivity index (χ0n) is 12.9. The van der Waals surface area contributed by atoms with Crippen molar-refractivity contribution in [2.75, 3.05) is 11.4 Å². The average molecular weight is 340 g/mol. The number of thiophene rings is 1. The lowest BCUT2D eigenvalue weighted by Gasteiger charge is -2.22. The van der Waals surface area contributed by atoms with Gasteiger partial charge < -0.3 is 10.0 Å². The lowest BCUT2D eigenvalue weighted by molar-refractivity contribution is -0.135. The van der Waals surface area contributed by atoms with Gasteiger partial charge in [0.25, 0.3) is 5.91 Å². The molecule has 0 saturated heterocycles. The number of benzene rings is 1. The first kappa shape index (κ1) is 16.4. The van der Waals surface area contributed by atoms with Crippen LogP contribution in [0.3, 0.4) is 0 Å². The number of nitriles is 1. The largest absolute Gasteiger partial charge is 0.375 e. The van der Waals surface area contributed by atoms with E-state index in [1.54, 1.807) is 41.8 Å². The van der Waals surface area contributed by atoms with Gasteiger partial charge in [0, 0.05) is 18.5 Å². The van der Waals surface area contributed by atoms with Crippen molar-refractivity contribution in [3.63, 3.8) is 0 Å². The standard InChI is InChI=1S/C18H16N2O3S/c19-9-3-4-10-20-14-7-2-1-6-13(14)18(23,17(20)22)12-15(21)16-8-5-11-24-16/h1-2,5-8,11,23H,3-4,10,12H2/t18-/m1/s1. The number of carbonyl (C=O) groups is 2. The number of aliphatic hydroxyl groups is 1. The SMILES string of the molecule is N#CCCCN1C(=O)[C@@](O)(CC(=O)c2cccs2)c2ccccc21. The highest BCUT2D eigenvalue weighted by atomic mass is 32.1. The number of Topliss-reactive ketones (excluding diaryl/α,β-unsaturated/α-hetero) is 1. The summed E-state index contributed by atoms with van der Waals surface area (Å²) in [6, 6.07) is 12.5. The first-order valence-electron chi connectivity index (χ1n) is 7.65. The van der Waals surface area contributed by atoms with E-state index in [4.69, 9.17) is 5.26 Å². The predicted octanol–water partition coefficient (Wildman–Crippen LogP) is 2.86. The number of para-hydroxylation sites is 1. The van der Waals surface area contributed by atoms with E-state index in [0.29, 0.717) is 35.5 Å². The number of nitrogens with zero attached hydrogens (tertiary/aromatic N) is 2. The minimum absolute atomic E-state index is 0.255. The van der Waals surface area contributed by atoms with Crippen LogP contribution in [-0.4, -0.2) is 23.3 Å². The second-order valence-electron chi connectivity index (χ2n) is 5.67. The van der Waals surface area contributed by atoms with Gasteiger partial charge in [-0.3, -0.25) is 9.59 Å². The monoisotopic (exact) mass is 340 g/mol. The molecule has 0 fully saturated rings. The van der Waals surface area contributed by atoms with Crippen LogP contribution in [0, 0.1) is 11.3 Å². The quantitative estimate of drug-likeness (QED) is 0.647. The number of fused-ring (bicyclic) bond motifs is 1. The molecule has 0 radical (unpaired) electrons. The highest BCUT2D eigenvalue weighted by molar-refractivity contribution is 7.12. The molecule has 1 aromatic heterocycles. The Bertz CT molecular complexity index is 810. The molecule has 122 valence electrons. The van der Waals surface area contributed by atoms with E-state index in [1.165, 1.54) is 16.2 Å².